The van der Waals surface area contributed by atoms with E-state index in [4.69, 9.17) is 25.1 Å². The van der Waals surface area contributed by atoms with Crippen LogP contribution in [0.2, 0.25) is 0 Å². The van der Waals surface area contributed by atoms with Gasteiger partial charge in [0.15, 0.2) is 0 Å². The van der Waals surface area contributed by atoms with Crippen molar-refractivity contribution >= 4 is 28.4 Å². The van der Waals surface area contributed by atoms with Gasteiger partial charge >= 0.3 is 11.9 Å². The van der Waals surface area contributed by atoms with Crippen LogP contribution in [0.25, 0.3) is 16.5 Å². The van der Waals surface area contributed by atoms with E-state index in [2.05, 4.69) is 35.0 Å². The van der Waals surface area contributed by atoms with Crippen LogP contribution in [0.4, 0.5) is 0 Å². The summed E-state index contributed by atoms with van der Waals surface area (Å²) in [7, 11) is 0. The molecule has 25 heavy (non-hydrogen) atoms. The van der Waals surface area contributed by atoms with Gasteiger partial charge in [0.2, 0.25) is 0 Å². The first-order valence-corrected chi connectivity index (χ1v) is 7.86. The summed E-state index contributed by atoms with van der Waals surface area (Å²) in [6.45, 7) is 5.44. The van der Waals surface area contributed by atoms with E-state index in [1.54, 1.807) is 0 Å². The van der Waals surface area contributed by atoms with Gasteiger partial charge in [-0.1, -0.05) is 19.1 Å². The van der Waals surface area contributed by atoms with Gasteiger partial charge in [-0.2, -0.15) is 5.26 Å². The van der Waals surface area contributed by atoms with Crippen molar-refractivity contribution in [2.75, 3.05) is 19.6 Å². The van der Waals surface area contributed by atoms with Crippen LogP contribution in [0.5, 0.6) is 0 Å². The Morgan fingerprint density at radius 1 is 1.32 bits per heavy atom. The van der Waals surface area contributed by atoms with Crippen molar-refractivity contribution < 1.29 is 19.8 Å². The van der Waals surface area contributed by atoms with E-state index in [0.717, 1.165) is 48.2 Å². The number of likely N-dealkylation sites (N-methyl/N-ethyl adjacent to an activating group) is 1. The standard InChI is InChI=1S/C16H17N3.C2H2O4/c1-2-19-8-6-12(7-9-19)16-10-14-13(11-17)4-3-5-15(14)18-16;3-1(4)2(5)6/h3-6,10,18H,2,7-9H2,1H3;(H,3,4)(H,5,6). The summed E-state index contributed by atoms with van der Waals surface area (Å²) >= 11 is 0. The smallest absolute Gasteiger partial charge is 0.414 e. The molecule has 0 amide bonds. The van der Waals surface area contributed by atoms with E-state index in [1.165, 1.54) is 5.57 Å². The molecule has 0 saturated carbocycles. The van der Waals surface area contributed by atoms with E-state index in [-0.39, 0.29) is 0 Å². The Balaban J connectivity index is 0.000000326. The zero-order chi connectivity index (χ0) is 18.4. The lowest BCUT2D eigenvalue weighted by molar-refractivity contribution is -0.159. The van der Waals surface area contributed by atoms with Gasteiger partial charge in [-0.3, -0.25) is 4.90 Å². The highest BCUT2D eigenvalue weighted by Gasteiger charge is 2.14. The first-order chi connectivity index (χ1) is 12.0. The quantitative estimate of drug-likeness (QED) is 0.722. The first kappa shape index (κ1) is 18.2. The summed E-state index contributed by atoms with van der Waals surface area (Å²) < 4.78 is 0. The average Bonchev–Trinajstić information content (AvgIpc) is 3.06. The molecule has 0 unspecified atom stereocenters. The number of nitriles is 1. The van der Waals surface area contributed by atoms with Gasteiger partial charge in [0.05, 0.1) is 11.6 Å². The van der Waals surface area contributed by atoms with Gasteiger partial charge in [0.25, 0.3) is 0 Å². The molecule has 130 valence electrons. The third kappa shape index (κ3) is 4.46. The lowest BCUT2D eigenvalue weighted by atomic mass is 10.0. The normalized spacial score (nSPS) is 14.2. The number of aromatic nitrogens is 1. The van der Waals surface area contributed by atoms with Gasteiger partial charge in [-0.15, -0.1) is 0 Å². The average molecular weight is 341 g/mol. The minimum absolute atomic E-state index is 0.742. The minimum Gasteiger partial charge on any atom is -0.473 e. The van der Waals surface area contributed by atoms with Crippen LogP contribution < -0.4 is 0 Å². The molecular weight excluding hydrogens is 322 g/mol. The van der Waals surface area contributed by atoms with Crippen LogP contribution in [0, 0.1) is 11.3 Å². The fourth-order valence-electron chi connectivity index (χ4n) is 2.67. The third-order valence-electron chi connectivity index (χ3n) is 4.05. The number of rotatable bonds is 2. The molecule has 1 aliphatic rings. The van der Waals surface area contributed by atoms with Crippen LogP contribution in [-0.4, -0.2) is 51.7 Å². The van der Waals surface area contributed by atoms with Crippen LogP contribution in [0.15, 0.2) is 30.3 Å². The van der Waals surface area contributed by atoms with Gasteiger partial charge < -0.3 is 15.2 Å². The second-order valence-corrected chi connectivity index (χ2v) is 5.54. The van der Waals surface area contributed by atoms with E-state index in [0.29, 0.717) is 0 Å². The number of nitrogens with zero attached hydrogens (tertiary/aromatic N) is 2. The molecule has 1 aromatic carbocycles. The van der Waals surface area contributed by atoms with E-state index in [1.807, 2.05) is 18.2 Å². The molecule has 0 atom stereocenters. The Labute approximate surface area is 144 Å². The van der Waals surface area contributed by atoms with E-state index in [9.17, 15) is 0 Å². The molecule has 7 heteroatoms. The number of fused-ring (bicyclic) bond motifs is 1. The van der Waals surface area contributed by atoms with E-state index >= 15 is 0 Å². The molecule has 0 aliphatic carbocycles. The Kier molecular flexibility index (Phi) is 5.93. The van der Waals surface area contributed by atoms with Gasteiger partial charge in [-0.05, 0) is 36.7 Å². The Bertz CT molecular complexity index is 849. The zero-order valence-corrected chi connectivity index (χ0v) is 13.8. The number of aromatic amines is 1. The van der Waals surface area contributed by atoms with Crippen LogP contribution >= 0.6 is 0 Å². The number of benzene rings is 1. The molecule has 0 radical (unpaired) electrons. The van der Waals surface area contributed by atoms with Crippen molar-refractivity contribution in [1.29, 1.82) is 5.26 Å². The number of carboxylic acids is 2. The maximum atomic E-state index is 9.14. The van der Waals surface area contributed by atoms with Crippen molar-refractivity contribution in [3.63, 3.8) is 0 Å². The Morgan fingerprint density at radius 3 is 2.56 bits per heavy atom. The highest BCUT2D eigenvalue weighted by atomic mass is 16.4. The van der Waals surface area contributed by atoms with Gasteiger partial charge in [-0.25, -0.2) is 9.59 Å². The fourth-order valence-corrected chi connectivity index (χ4v) is 2.67. The molecule has 0 bridgehead atoms. The van der Waals surface area contributed by atoms with Crippen molar-refractivity contribution in [3.05, 3.63) is 41.6 Å². The first-order valence-electron chi connectivity index (χ1n) is 7.86. The molecule has 0 fully saturated rings. The SMILES string of the molecule is CCN1CC=C(c2cc3c(C#N)cccc3[nH]2)CC1.O=C(O)C(=O)O. The number of H-pyrrole nitrogens is 1. The zero-order valence-electron chi connectivity index (χ0n) is 13.8. The number of hydrogen-bond donors (Lipinski definition) is 3. The van der Waals surface area contributed by atoms with Gasteiger partial charge in [0, 0.05) is 29.7 Å². The summed E-state index contributed by atoms with van der Waals surface area (Å²) in [6, 6.07) is 10.2. The third-order valence-corrected chi connectivity index (χ3v) is 4.05. The predicted octanol–water partition coefficient (Wildman–Crippen LogP) is 2.30. The summed E-state index contributed by atoms with van der Waals surface area (Å²) in [4.78, 5) is 24.1. The lowest BCUT2D eigenvalue weighted by Crippen LogP contribution is -2.28. The molecule has 2 heterocycles. The summed E-state index contributed by atoms with van der Waals surface area (Å²) in [5.41, 5.74) is 4.32. The fraction of sp³-hybridized carbons (Fsp3) is 0.278. The molecule has 0 spiro atoms. The van der Waals surface area contributed by atoms with Crippen molar-refractivity contribution in [3.8, 4) is 6.07 Å². The highest BCUT2D eigenvalue weighted by Crippen LogP contribution is 2.27. The number of nitrogens with one attached hydrogen (secondary N) is 1. The number of carboxylic acid groups (broad SMARTS) is 2. The number of aliphatic carboxylic acids is 2. The predicted molar refractivity (Wildman–Crippen MR) is 93.0 cm³/mol. The summed E-state index contributed by atoms with van der Waals surface area (Å²) in [5, 5.41) is 24.9. The summed E-state index contributed by atoms with van der Waals surface area (Å²) in [6.07, 6.45) is 3.37. The molecule has 2 aromatic rings. The van der Waals surface area contributed by atoms with Crippen molar-refractivity contribution in [2.45, 2.75) is 13.3 Å². The second kappa shape index (κ2) is 8.13. The van der Waals surface area contributed by atoms with Gasteiger partial charge in [0.1, 0.15) is 0 Å². The minimum atomic E-state index is -1.82. The maximum Gasteiger partial charge on any atom is 0.414 e. The Morgan fingerprint density at radius 2 is 2.04 bits per heavy atom. The summed E-state index contributed by atoms with van der Waals surface area (Å²) in [5.74, 6) is -3.65. The molecule has 3 rings (SSSR count). The molecular formula is C18H19N3O4. The van der Waals surface area contributed by atoms with Crippen molar-refractivity contribution in [2.24, 2.45) is 0 Å². The number of carbonyl (C=O) groups is 2. The molecule has 1 aromatic heterocycles. The molecule has 1 aliphatic heterocycles. The number of hydrogen-bond acceptors (Lipinski definition) is 4. The molecule has 3 N–H and O–H groups in total. The monoisotopic (exact) mass is 341 g/mol. The van der Waals surface area contributed by atoms with Crippen LogP contribution in [-0.2, 0) is 9.59 Å². The molecule has 7 nitrogen and oxygen atoms in total. The lowest BCUT2D eigenvalue weighted by Gasteiger charge is -2.24. The van der Waals surface area contributed by atoms with Crippen LogP contribution in [0.1, 0.15) is 24.6 Å². The molecule has 0 saturated heterocycles. The Hall–Kier alpha value is -3.11. The highest BCUT2D eigenvalue weighted by molar-refractivity contribution is 6.27. The largest absolute Gasteiger partial charge is 0.473 e. The maximum absolute atomic E-state index is 9.14. The second-order valence-electron chi connectivity index (χ2n) is 5.54. The van der Waals surface area contributed by atoms with Crippen molar-refractivity contribution in [1.82, 2.24) is 9.88 Å². The topological polar surface area (TPSA) is 117 Å². The van der Waals surface area contributed by atoms with E-state index < -0.39 is 11.9 Å². The van der Waals surface area contributed by atoms with Crippen LogP contribution in [0.3, 0.4) is 0 Å².